The third-order valence-electron chi connectivity index (χ3n) is 1.27. The average Bonchev–Trinajstić information content (AvgIpc) is 2.07. The van der Waals surface area contributed by atoms with E-state index in [1.165, 1.54) is 18.2 Å². The van der Waals surface area contributed by atoms with Gasteiger partial charge < -0.3 is 10.5 Å². The van der Waals surface area contributed by atoms with Crippen molar-refractivity contribution < 1.29 is 13.9 Å². The Morgan fingerprint density at radius 1 is 1.62 bits per heavy atom. The number of halogens is 2. The summed E-state index contributed by atoms with van der Waals surface area (Å²) in [4.78, 5) is 10.3. The van der Waals surface area contributed by atoms with Crippen molar-refractivity contribution in [2.75, 3.05) is 6.61 Å². The number of hydrogen-bond acceptors (Lipinski definition) is 2. The fourth-order valence-corrected chi connectivity index (χ4v) is 0.968. The van der Waals surface area contributed by atoms with Crippen LogP contribution in [0.15, 0.2) is 22.7 Å². The van der Waals surface area contributed by atoms with Crippen LogP contribution in [-0.2, 0) is 4.79 Å². The van der Waals surface area contributed by atoms with Gasteiger partial charge in [0.15, 0.2) is 6.61 Å². The fraction of sp³-hybridized carbons (Fsp3) is 0.125. The molecular weight excluding hydrogens is 241 g/mol. The Bertz CT molecular complexity index is 330. The summed E-state index contributed by atoms with van der Waals surface area (Å²) in [6, 6.07) is 4.20. The molecule has 1 aromatic rings. The van der Waals surface area contributed by atoms with Crippen molar-refractivity contribution >= 4 is 21.8 Å². The van der Waals surface area contributed by atoms with Crippen LogP contribution in [0.3, 0.4) is 0 Å². The summed E-state index contributed by atoms with van der Waals surface area (Å²) in [6.45, 7) is -0.249. The quantitative estimate of drug-likeness (QED) is 0.880. The summed E-state index contributed by atoms with van der Waals surface area (Å²) in [7, 11) is 0. The molecule has 0 aliphatic rings. The second-order valence-electron chi connectivity index (χ2n) is 2.33. The van der Waals surface area contributed by atoms with Crippen LogP contribution in [0.25, 0.3) is 0 Å². The van der Waals surface area contributed by atoms with Crippen LogP contribution in [0.1, 0.15) is 0 Å². The normalized spacial score (nSPS) is 9.69. The first-order chi connectivity index (χ1) is 6.09. The molecule has 0 aliphatic carbocycles. The van der Waals surface area contributed by atoms with Crippen molar-refractivity contribution in [1.82, 2.24) is 0 Å². The van der Waals surface area contributed by atoms with Crippen LogP contribution in [0, 0.1) is 5.82 Å². The highest BCUT2D eigenvalue weighted by Gasteiger charge is 2.02. The van der Waals surface area contributed by atoms with E-state index in [-0.39, 0.29) is 12.4 Å². The van der Waals surface area contributed by atoms with Crippen LogP contribution >= 0.6 is 15.9 Å². The fourth-order valence-electron chi connectivity index (χ4n) is 0.721. The van der Waals surface area contributed by atoms with E-state index in [1.54, 1.807) is 0 Å². The number of ether oxygens (including phenoxy) is 1. The summed E-state index contributed by atoms with van der Waals surface area (Å²) in [6.07, 6.45) is 0. The molecule has 0 saturated carbocycles. The molecule has 0 aliphatic heterocycles. The molecule has 2 N–H and O–H groups in total. The van der Waals surface area contributed by atoms with E-state index in [0.29, 0.717) is 4.47 Å². The predicted molar refractivity (Wildman–Crippen MR) is 48.8 cm³/mol. The summed E-state index contributed by atoms with van der Waals surface area (Å²) in [5, 5.41) is 0. The van der Waals surface area contributed by atoms with E-state index in [1.807, 2.05) is 0 Å². The highest BCUT2D eigenvalue weighted by atomic mass is 79.9. The monoisotopic (exact) mass is 247 g/mol. The Labute approximate surface area is 82.8 Å². The lowest BCUT2D eigenvalue weighted by molar-refractivity contribution is -0.119. The van der Waals surface area contributed by atoms with Gasteiger partial charge in [0.1, 0.15) is 11.6 Å². The van der Waals surface area contributed by atoms with Crippen molar-refractivity contribution in [2.45, 2.75) is 0 Å². The minimum atomic E-state index is -0.594. The second-order valence-corrected chi connectivity index (χ2v) is 3.19. The van der Waals surface area contributed by atoms with Crippen molar-refractivity contribution in [3.63, 3.8) is 0 Å². The molecule has 0 saturated heterocycles. The highest BCUT2D eigenvalue weighted by Crippen LogP contribution is 2.20. The third-order valence-corrected chi connectivity index (χ3v) is 1.92. The molecule has 1 rings (SSSR count). The van der Waals surface area contributed by atoms with Gasteiger partial charge in [-0.3, -0.25) is 4.79 Å². The number of benzene rings is 1. The van der Waals surface area contributed by atoms with Gasteiger partial charge in [0, 0.05) is 6.07 Å². The number of hydrogen-bond donors (Lipinski definition) is 1. The number of carbonyl (C=O) groups is 1. The lowest BCUT2D eigenvalue weighted by atomic mass is 10.3. The average molecular weight is 248 g/mol. The maximum absolute atomic E-state index is 12.9. The summed E-state index contributed by atoms with van der Waals surface area (Å²) < 4.78 is 18.1. The summed E-state index contributed by atoms with van der Waals surface area (Å²) >= 11 is 2.99. The van der Waals surface area contributed by atoms with Gasteiger partial charge in [0.2, 0.25) is 0 Å². The number of rotatable bonds is 3. The zero-order valence-electron chi connectivity index (χ0n) is 6.59. The molecule has 3 nitrogen and oxygen atoms in total. The number of nitrogens with two attached hydrogens (primary N) is 1. The van der Waals surface area contributed by atoms with E-state index in [2.05, 4.69) is 15.9 Å². The molecular formula is C8H7BrFNO2. The van der Waals surface area contributed by atoms with Gasteiger partial charge in [-0.15, -0.1) is 0 Å². The Morgan fingerprint density at radius 2 is 2.31 bits per heavy atom. The van der Waals surface area contributed by atoms with Gasteiger partial charge in [0.25, 0.3) is 5.91 Å². The molecule has 0 aromatic heterocycles. The van der Waals surface area contributed by atoms with Crippen LogP contribution in [0.5, 0.6) is 5.75 Å². The third kappa shape index (κ3) is 3.02. The first kappa shape index (κ1) is 9.98. The van der Waals surface area contributed by atoms with Gasteiger partial charge in [-0.05, 0) is 28.1 Å². The minimum Gasteiger partial charge on any atom is -0.484 e. The second kappa shape index (κ2) is 4.23. The Kier molecular flexibility index (Phi) is 3.25. The van der Waals surface area contributed by atoms with Crippen molar-refractivity contribution in [3.8, 4) is 5.75 Å². The van der Waals surface area contributed by atoms with E-state index in [4.69, 9.17) is 10.5 Å². The van der Waals surface area contributed by atoms with E-state index in [0.717, 1.165) is 0 Å². The molecule has 0 bridgehead atoms. The minimum absolute atomic E-state index is 0.249. The summed E-state index contributed by atoms with van der Waals surface area (Å²) in [5.41, 5.74) is 4.84. The molecule has 0 fully saturated rings. The lowest BCUT2D eigenvalue weighted by Gasteiger charge is -2.03. The van der Waals surface area contributed by atoms with Gasteiger partial charge >= 0.3 is 0 Å². The van der Waals surface area contributed by atoms with Crippen LogP contribution in [-0.4, -0.2) is 12.5 Å². The zero-order valence-corrected chi connectivity index (χ0v) is 8.17. The topological polar surface area (TPSA) is 52.3 Å². The Hall–Kier alpha value is -1.10. The number of amides is 1. The predicted octanol–water partition coefficient (Wildman–Crippen LogP) is 1.45. The molecule has 0 atom stereocenters. The van der Waals surface area contributed by atoms with E-state index in [9.17, 15) is 9.18 Å². The van der Waals surface area contributed by atoms with Gasteiger partial charge in [-0.25, -0.2) is 4.39 Å². The standard InChI is InChI=1S/C8H7BrFNO2/c9-6-2-1-5(3-7(6)10)13-4-8(11)12/h1-3H,4H2,(H2,11,12). The van der Waals surface area contributed by atoms with Gasteiger partial charge in [-0.2, -0.15) is 0 Å². The highest BCUT2D eigenvalue weighted by molar-refractivity contribution is 9.10. The molecule has 13 heavy (non-hydrogen) atoms. The molecule has 0 radical (unpaired) electrons. The molecule has 5 heteroatoms. The van der Waals surface area contributed by atoms with Gasteiger partial charge in [0.05, 0.1) is 4.47 Å². The van der Waals surface area contributed by atoms with Crippen LogP contribution in [0.4, 0.5) is 4.39 Å². The largest absolute Gasteiger partial charge is 0.484 e. The zero-order chi connectivity index (χ0) is 9.84. The Morgan fingerprint density at radius 3 is 2.85 bits per heavy atom. The van der Waals surface area contributed by atoms with Crippen LogP contribution < -0.4 is 10.5 Å². The molecule has 70 valence electrons. The van der Waals surface area contributed by atoms with E-state index < -0.39 is 11.7 Å². The SMILES string of the molecule is NC(=O)COc1ccc(Br)c(F)c1. The maximum atomic E-state index is 12.9. The first-order valence-corrected chi connectivity index (χ1v) is 4.25. The molecule has 1 amide bonds. The van der Waals surface area contributed by atoms with Crippen LogP contribution in [0.2, 0.25) is 0 Å². The summed E-state index contributed by atoms with van der Waals surface area (Å²) in [5.74, 6) is -0.759. The maximum Gasteiger partial charge on any atom is 0.255 e. The van der Waals surface area contributed by atoms with Crippen molar-refractivity contribution in [2.24, 2.45) is 5.73 Å². The van der Waals surface area contributed by atoms with E-state index >= 15 is 0 Å². The first-order valence-electron chi connectivity index (χ1n) is 3.46. The van der Waals surface area contributed by atoms with Crippen molar-refractivity contribution in [1.29, 1.82) is 0 Å². The molecule has 0 spiro atoms. The van der Waals surface area contributed by atoms with Crippen molar-refractivity contribution in [3.05, 3.63) is 28.5 Å². The molecule has 1 aromatic carbocycles. The molecule has 0 heterocycles. The Balaban J connectivity index is 2.68. The number of carbonyl (C=O) groups excluding carboxylic acids is 1. The van der Waals surface area contributed by atoms with Gasteiger partial charge in [-0.1, -0.05) is 0 Å². The smallest absolute Gasteiger partial charge is 0.255 e. The lowest BCUT2D eigenvalue weighted by Crippen LogP contribution is -2.20. The number of primary amides is 1. The molecule has 0 unspecified atom stereocenters.